The van der Waals surface area contributed by atoms with Crippen molar-refractivity contribution >= 4 is 16.8 Å². The Balaban J connectivity index is 1.29. The zero-order chi connectivity index (χ0) is 19.2. The molecule has 1 aliphatic heterocycles. The predicted molar refractivity (Wildman–Crippen MR) is 110 cm³/mol. The Labute approximate surface area is 165 Å². The minimum absolute atomic E-state index is 0.0969. The first-order valence-electron chi connectivity index (χ1n) is 9.97. The van der Waals surface area contributed by atoms with Crippen molar-refractivity contribution in [2.75, 3.05) is 19.8 Å². The summed E-state index contributed by atoms with van der Waals surface area (Å²) in [7, 11) is 0. The average molecular weight is 378 g/mol. The van der Waals surface area contributed by atoms with Gasteiger partial charge in [-0.2, -0.15) is 0 Å². The second kappa shape index (κ2) is 8.93. The normalized spacial score (nSPS) is 16.4. The number of carbonyl (C=O) groups excluding carboxylic acids is 1. The maximum atomic E-state index is 12.6. The lowest BCUT2D eigenvalue weighted by molar-refractivity contribution is 0.0670. The molecule has 5 nitrogen and oxygen atoms in total. The molecular weight excluding hydrogens is 352 g/mol. The lowest BCUT2D eigenvalue weighted by Crippen LogP contribution is -2.26. The van der Waals surface area contributed by atoms with Crippen molar-refractivity contribution < 1.29 is 14.3 Å². The van der Waals surface area contributed by atoms with Crippen LogP contribution in [0.3, 0.4) is 0 Å². The third kappa shape index (κ3) is 4.37. The van der Waals surface area contributed by atoms with Gasteiger partial charge in [0.05, 0.1) is 11.7 Å². The summed E-state index contributed by atoms with van der Waals surface area (Å²) in [6.45, 7) is 2.77. The molecule has 1 atom stereocenters. The summed E-state index contributed by atoms with van der Waals surface area (Å²) in [5.41, 5.74) is 1.80. The van der Waals surface area contributed by atoms with Crippen LogP contribution in [0.2, 0.25) is 0 Å². The van der Waals surface area contributed by atoms with Crippen LogP contribution in [0.5, 0.6) is 5.75 Å². The Hall–Kier alpha value is -2.79. The lowest BCUT2D eigenvalue weighted by Gasteiger charge is -2.14. The van der Waals surface area contributed by atoms with Gasteiger partial charge in [-0.25, -0.2) is 0 Å². The molecule has 1 unspecified atom stereocenters. The standard InChI is InChI=1S/C23H26N2O3/c26-23(20-9-2-4-11-22(20)28-17-19-8-5-16-27-19)24-13-6-14-25-15-12-18-7-1-3-10-21(18)25/h1-4,7,9-12,15,19H,5-6,8,13-14,16-17H2,(H,24,26). The van der Waals surface area contributed by atoms with Crippen molar-refractivity contribution in [3.63, 3.8) is 0 Å². The van der Waals surface area contributed by atoms with Crippen molar-refractivity contribution in [2.45, 2.75) is 31.9 Å². The van der Waals surface area contributed by atoms with E-state index in [9.17, 15) is 4.79 Å². The zero-order valence-corrected chi connectivity index (χ0v) is 16.0. The molecule has 146 valence electrons. The van der Waals surface area contributed by atoms with E-state index >= 15 is 0 Å². The van der Waals surface area contributed by atoms with Gasteiger partial charge in [0.25, 0.3) is 5.91 Å². The lowest BCUT2D eigenvalue weighted by atomic mass is 10.2. The SMILES string of the molecule is O=C(NCCCn1ccc2ccccc21)c1ccccc1OCC1CCCO1. The molecule has 0 radical (unpaired) electrons. The second-order valence-electron chi connectivity index (χ2n) is 7.12. The van der Waals surface area contributed by atoms with E-state index in [1.54, 1.807) is 6.07 Å². The fourth-order valence-corrected chi connectivity index (χ4v) is 3.62. The highest BCUT2D eigenvalue weighted by atomic mass is 16.5. The van der Waals surface area contributed by atoms with E-state index < -0.39 is 0 Å². The summed E-state index contributed by atoms with van der Waals surface area (Å²) in [5, 5.41) is 4.25. The molecule has 0 aliphatic carbocycles. The van der Waals surface area contributed by atoms with E-state index in [0.717, 1.165) is 32.4 Å². The van der Waals surface area contributed by atoms with E-state index in [4.69, 9.17) is 9.47 Å². The van der Waals surface area contributed by atoms with Crippen LogP contribution in [0, 0.1) is 0 Å². The summed E-state index contributed by atoms with van der Waals surface area (Å²) >= 11 is 0. The molecule has 2 aromatic carbocycles. The molecule has 1 aromatic heterocycles. The number of nitrogens with one attached hydrogen (secondary N) is 1. The number of nitrogens with zero attached hydrogens (tertiary/aromatic N) is 1. The molecule has 0 spiro atoms. The number of amides is 1. The summed E-state index contributed by atoms with van der Waals surface area (Å²) < 4.78 is 13.7. The average Bonchev–Trinajstić information content (AvgIpc) is 3.40. The fourth-order valence-electron chi connectivity index (χ4n) is 3.62. The number of benzene rings is 2. The van der Waals surface area contributed by atoms with Gasteiger partial charge < -0.3 is 19.4 Å². The minimum Gasteiger partial charge on any atom is -0.490 e. The minimum atomic E-state index is -0.0969. The van der Waals surface area contributed by atoms with Crippen molar-refractivity contribution in [2.24, 2.45) is 0 Å². The number of aromatic nitrogens is 1. The molecule has 0 bridgehead atoms. The highest BCUT2D eigenvalue weighted by Crippen LogP contribution is 2.20. The Bertz CT molecular complexity index is 928. The van der Waals surface area contributed by atoms with Crippen LogP contribution in [0.25, 0.3) is 10.9 Å². The van der Waals surface area contributed by atoms with Crippen LogP contribution < -0.4 is 10.1 Å². The third-order valence-electron chi connectivity index (χ3n) is 5.12. The van der Waals surface area contributed by atoms with Gasteiger partial charge >= 0.3 is 0 Å². The number of para-hydroxylation sites is 2. The van der Waals surface area contributed by atoms with E-state index in [0.29, 0.717) is 24.5 Å². The quantitative estimate of drug-likeness (QED) is 0.603. The van der Waals surface area contributed by atoms with Gasteiger partial charge in [-0.3, -0.25) is 4.79 Å². The molecule has 5 heteroatoms. The second-order valence-corrected chi connectivity index (χ2v) is 7.12. The van der Waals surface area contributed by atoms with Crippen molar-refractivity contribution in [3.05, 3.63) is 66.4 Å². The van der Waals surface area contributed by atoms with Gasteiger partial charge in [0, 0.05) is 31.4 Å². The first-order chi connectivity index (χ1) is 13.8. The van der Waals surface area contributed by atoms with Crippen molar-refractivity contribution in [1.29, 1.82) is 0 Å². The number of carbonyl (C=O) groups is 1. The number of hydrogen-bond acceptors (Lipinski definition) is 3. The maximum Gasteiger partial charge on any atom is 0.255 e. The molecule has 28 heavy (non-hydrogen) atoms. The topological polar surface area (TPSA) is 52.5 Å². The van der Waals surface area contributed by atoms with E-state index in [2.05, 4.69) is 34.3 Å². The number of ether oxygens (including phenoxy) is 2. The van der Waals surface area contributed by atoms with Crippen LogP contribution in [0.1, 0.15) is 29.6 Å². The molecular formula is C23H26N2O3. The fraction of sp³-hybridized carbons (Fsp3) is 0.348. The summed E-state index contributed by atoms with van der Waals surface area (Å²) in [4.78, 5) is 12.6. The predicted octanol–water partition coefficient (Wildman–Crippen LogP) is 4.02. The first-order valence-corrected chi connectivity index (χ1v) is 9.97. The van der Waals surface area contributed by atoms with Crippen molar-refractivity contribution in [3.8, 4) is 5.75 Å². The maximum absolute atomic E-state index is 12.6. The van der Waals surface area contributed by atoms with Gasteiger partial charge in [-0.15, -0.1) is 0 Å². The zero-order valence-electron chi connectivity index (χ0n) is 16.0. The van der Waals surface area contributed by atoms with E-state index in [-0.39, 0.29) is 12.0 Å². The van der Waals surface area contributed by atoms with Crippen LogP contribution in [-0.4, -0.2) is 36.3 Å². The molecule has 4 rings (SSSR count). The molecule has 3 aromatic rings. The molecule has 2 heterocycles. The first kappa shape index (κ1) is 18.6. The van der Waals surface area contributed by atoms with Crippen LogP contribution in [0.4, 0.5) is 0 Å². The van der Waals surface area contributed by atoms with Crippen LogP contribution >= 0.6 is 0 Å². The van der Waals surface area contributed by atoms with Gasteiger partial charge in [0.1, 0.15) is 12.4 Å². The van der Waals surface area contributed by atoms with Crippen LogP contribution in [0.15, 0.2) is 60.8 Å². The Morgan fingerprint density at radius 1 is 1.14 bits per heavy atom. The van der Waals surface area contributed by atoms with Crippen molar-refractivity contribution in [1.82, 2.24) is 9.88 Å². The Morgan fingerprint density at radius 3 is 2.89 bits per heavy atom. The molecule has 1 aliphatic rings. The number of hydrogen-bond donors (Lipinski definition) is 1. The van der Waals surface area contributed by atoms with Gasteiger partial charge in [-0.05, 0) is 48.9 Å². The largest absolute Gasteiger partial charge is 0.490 e. The highest BCUT2D eigenvalue weighted by molar-refractivity contribution is 5.96. The van der Waals surface area contributed by atoms with Gasteiger partial charge in [0.2, 0.25) is 0 Å². The third-order valence-corrected chi connectivity index (χ3v) is 5.12. The summed E-state index contributed by atoms with van der Waals surface area (Å²) in [6, 6.07) is 17.8. The Morgan fingerprint density at radius 2 is 2.00 bits per heavy atom. The van der Waals surface area contributed by atoms with E-state index in [1.165, 1.54) is 10.9 Å². The van der Waals surface area contributed by atoms with Gasteiger partial charge in [0.15, 0.2) is 0 Å². The van der Waals surface area contributed by atoms with Crippen LogP contribution in [-0.2, 0) is 11.3 Å². The summed E-state index contributed by atoms with van der Waals surface area (Å²) in [6.07, 6.45) is 5.19. The number of aryl methyl sites for hydroxylation is 1. The number of fused-ring (bicyclic) bond motifs is 1. The number of rotatable bonds is 8. The summed E-state index contributed by atoms with van der Waals surface area (Å²) in [5.74, 6) is 0.521. The molecule has 1 fully saturated rings. The molecule has 1 saturated heterocycles. The molecule has 0 saturated carbocycles. The van der Waals surface area contributed by atoms with Gasteiger partial charge in [-0.1, -0.05) is 30.3 Å². The smallest absolute Gasteiger partial charge is 0.255 e. The monoisotopic (exact) mass is 378 g/mol. The Kier molecular flexibility index (Phi) is 5.92. The molecule has 1 N–H and O–H groups in total. The van der Waals surface area contributed by atoms with E-state index in [1.807, 2.05) is 30.3 Å². The highest BCUT2D eigenvalue weighted by Gasteiger charge is 2.18. The molecule has 1 amide bonds.